The Labute approximate surface area is 98.0 Å². The molecule has 0 aromatic carbocycles. The molecule has 1 aromatic rings. The van der Waals surface area contributed by atoms with Crippen molar-refractivity contribution in [1.82, 2.24) is 14.9 Å². The zero-order chi connectivity index (χ0) is 11.8. The molecule has 0 bridgehead atoms. The Bertz CT molecular complexity index is 284. The van der Waals surface area contributed by atoms with Gasteiger partial charge in [0, 0.05) is 25.5 Å². The fraction of sp³-hybridized carbons (Fsp3) is 0.750. The number of nitrogens with zero attached hydrogens (tertiary/aromatic N) is 2. The van der Waals surface area contributed by atoms with Crippen molar-refractivity contribution in [2.24, 2.45) is 5.92 Å². The fourth-order valence-electron chi connectivity index (χ4n) is 1.45. The molecule has 1 N–H and O–H groups in total. The van der Waals surface area contributed by atoms with Crippen LogP contribution in [0.5, 0.6) is 0 Å². The lowest BCUT2D eigenvalue weighted by molar-refractivity contribution is 0.115. The van der Waals surface area contributed by atoms with Gasteiger partial charge in [0.25, 0.3) is 0 Å². The maximum absolute atomic E-state index is 5.58. The molecule has 0 fully saturated rings. The Balaban J connectivity index is 2.18. The van der Waals surface area contributed by atoms with Gasteiger partial charge in [-0.2, -0.15) is 0 Å². The normalized spacial score (nSPS) is 11.2. The summed E-state index contributed by atoms with van der Waals surface area (Å²) in [4.78, 5) is 4.28. The van der Waals surface area contributed by atoms with Crippen molar-refractivity contribution in [3.05, 3.63) is 18.2 Å². The summed E-state index contributed by atoms with van der Waals surface area (Å²) in [5, 5.41) is 3.10. The third-order valence-corrected chi connectivity index (χ3v) is 2.45. The minimum atomic E-state index is 0.716. The van der Waals surface area contributed by atoms with E-state index in [0.717, 1.165) is 38.5 Å². The van der Waals surface area contributed by atoms with E-state index in [0.29, 0.717) is 5.92 Å². The van der Waals surface area contributed by atoms with Crippen molar-refractivity contribution in [3.8, 4) is 0 Å². The molecule has 4 heteroatoms. The molecule has 0 amide bonds. The first-order valence-electron chi connectivity index (χ1n) is 5.96. The highest BCUT2D eigenvalue weighted by Gasteiger charge is 2.01. The van der Waals surface area contributed by atoms with Crippen molar-refractivity contribution in [3.63, 3.8) is 0 Å². The molecule has 4 nitrogen and oxygen atoms in total. The Hall–Kier alpha value is -0.870. The molecule has 1 aromatic heterocycles. The first-order valence-corrected chi connectivity index (χ1v) is 5.96. The van der Waals surface area contributed by atoms with Gasteiger partial charge in [0.1, 0.15) is 5.82 Å². The lowest BCUT2D eigenvalue weighted by Gasteiger charge is -2.09. The summed E-state index contributed by atoms with van der Waals surface area (Å²) < 4.78 is 7.71. The predicted octanol–water partition coefficient (Wildman–Crippen LogP) is 1.67. The summed E-state index contributed by atoms with van der Waals surface area (Å²) in [6, 6.07) is 0. The molecule has 0 saturated heterocycles. The standard InChI is InChI=1S/C12H23N3O/c1-11(2)4-8-16-9-7-15-6-5-14-12(15)10-13-3/h5-6,11,13H,4,7-10H2,1-3H3. The van der Waals surface area contributed by atoms with E-state index in [1.54, 1.807) is 0 Å². The topological polar surface area (TPSA) is 39.1 Å². The Morgan fingerprint density at radius 3 is 2.94 bits per heavy atom. The second-order valence-corrected chi connectivity index (χ2v) is 4.36. The number of hydrogen-bond donors (Lipinski definition) is 1. The minimum absolute atomic E-state index is 0.716. The van der Waals surface area contributed by atoms with Crippen LogP contribution in [0.25, 0.3) is 0 Å². The van der Waals surface area contributed by atoms with Gasteiger partial charge in [0.2, 0.25) is 0 Å². The second kappa shape index (κ2) is 7.41. The zero-order valence-corrected chi connectivity index (χ0v) is 10.6. The fourth-order valence-corrected chi connectivity index (χ4v) is 1.45. The molecule has 0 unspecified atom stereocenters. The first kappa shape index (κ1) is 13.2. The zero-order valence-electron chi connectivity index (χ0n) is 10.6. The molecule has 0 aliphatic heterocycles. The molecule has 0 saturated carbocycles. The van der Waals surface area contributed by atoms with Crippen LogP contribution in [0.3, 0.4) is 0 Å². The van der Waals surface area contributed by atoms with Crippen LogP contribution in [-0.2, 0) is 17.8 Å². The highest BCUT2D eigenvalue weighted by molar-refractivity contribution is 4.91. The second-order valence-electron chi connectivity index (χ2n) is 4.36. The maximum Gasteiger partial charge on any atom is 0.122 e. The molecule has 92 valence electrons. The lowest BCUT2D eigenvalue weighted by Crippen LogP contribution is -2.14. The van der Waals surface area contributed by atoms with Crippen LogP contribution >= 0.6 is 0 Å². The summed E-state index contributed by atoms with van der Waals surface area (Å²) in [7, 11) is 1.93. The average molecular weight is 225 g/mol. The van der Waals surface area contributed by atoms with Crippen LogP contribution in [0, 0.1) is 5.92 Å². The van der Waals surface area contributed by atoms with E-state index < -0.39 is 0 Å². The first-order chi connectivity index (χ1) is 7.74. The Morgan fingerprint density at radius 2 is 2.25 bits per heavy atom. The maximum atomic E-state index is 5.58. The van der Waals surface area contributed by atoms with Crippen molar-refractivity contribution in [2.45, 2.75) is 33.4 Å². The van der Waals surface area contributed by atoms with E-state index in [1.165, 1.54) is 0 Å². The van der Waals surface area contributed by atoms with E-state index >= 15 is 0 Å². The third-order valence-electron chi connectivity index (χ3n) is 2.45. The van der Waals surface area contributed by atoms with Crippen molar-refractivity contribution < 1.29 is 4.74 Å². The van der Waals surface area contributed by atoms with E-state index in [1.807, 2.05) is 19.4 Å². The van der Waals surface area contributed by atoms with Crippen LogP contribution < -0.4 is 5.32 Å². The van der Waals surface area contributed by atoms with E-state index in [-0.39, 0.29) is 0 Å². The quantitative estimate of drug-likeness (QED) is 0.684. The number of rotatable bonds is 8. The smallest absolute Gasteiger partial charge is 0.122 e. The van der Waals surface area contributed by atoms with Gasteiger partial charge in [-0.3, -0.25) is 0 Å². The van der Waals surface area contributed by atoms with Crippen LogP contribution in [-0.4, -0.2) is 29.8 Å². The van der Waals surface area contributed by atoms with Gasteiger partial charge in [-0.15, -0.1) is 0 Å². The molecule has 0 spiro atoms. The number of aromatic nitrogens is 2. The summed E-state index contributed by atoms with van der Waals surface area (Å²) in [5.74, 6) is 1.78. The Morgan fingerprint density at radius 1 is 1.44 bits per heavy atom. The molecular weight excluding hydrogens is 202 g/mol. The van der Waals surface area contributed by atoms with Gasteiger partial charge in [-0.05, 0) is 19.4 Å². The van der Waals surface area contributed by atoms with Crippen LogP contribution in [0.15, 0.2) is 12.4 Å². The van der Waals surface area contributed by atoms with Gasteiger partial charge in [0.05, 0.1) is 13.2 Å². The van der Waals surface area contributed by atoms with Crippen LogP contribution in [0.4, 0.5) is 0 Å². The molecule has 0 atom stereocenters. The average Bonchev–Trinajstić information content (AvgIpc) is 2.65. The minimum Gasteiger partial charge on any atom is -0.380 e. The molecule has 0 aliphatic rings. The van der Waals surface area contributed by atoms with Gasteiger partial charge < -0.3 is 14.6 Å². The number of hydrogen-bond acceptors (Lipinski definition) is 3. The highest BCUT2D eigenvalue weighted by Crippen LogP contribution is 2.00. The largest absolute Gasteiger partial charge is 0.380 e. The molecule has 0 radical (unpaired) electrons. The lowest BCUT2D eigenvalue weighted by atomic mass is 10.1. The van der Waals surface area contributed by atoms with Gasteiger partial charge in [-0.25, -0.2) is 4.98 Å². The SMILES string of the molecule is CNCc1nccn1CCOCCC(C)C. The molecular formula is C12H23N3O. The predicted molar refractivity (Wildman–Crippen MR) is 65.3 cm³/mol. The Kier molecular flexibility index (Phi) is 6.11. The highest BCUT2D eigenvalue weighted by atomic mass is 16.5. The van der Waals surface area contributed by atoms with Crippen LogP contribution in [0.2, 0.25) is 0 Å². The summed E-state index contributed by atoms with van der Waals surface area (Å²) >= 11 is 0. The summed E-state index contributed by atoms with van der Waals surface area (Å²) in [6.07, 6.45) is 4.96. The number of nitrogens with one attached hydrogen (secondary N) is 1. The number of imidazole rings is 1. The molecule has 1 rings (SSSR count). The van der Waals surface area contributed by atoms with Crippen molar-refractivity contribution >= 4 is 0 Å². The van der Waals surface area contributed by atoms with E-state index in [2.05, 4.69) is 28.7 Å². The van der Waals surface area contributed by atoms with E-state index in [9.17, 15) is 0 Å². The molecule has 1 heterocycles. The monoisotopic (exact) mass is 225 g/mol. The molecule has 16 heavy (non-hydrogen) atoms. The third kappa shape index (κ3) is 4.77. The van der Waals surface area contributed by atoms with E-state index in [4.69, 9.17) is 4.74 Å². The van der Waals surface area contributed by atoms with Crippen LogP contribution in [0.1, 0.15) is 26.1 Å². The molecule has 0 aliphatic carbocycles. The van der Waals surface area contributed by atoms with Crippen molar-refractivity contribution in [2.75, 3.05) is 20.3 Å². The van der Waals surface area contributed by atoms with Gasteiger partial charge in [-0.1, -0.05) is 13.8 Å². The summed E-state index contributed by atoms with van der Waals surface area (Å²) in [6.45, 7) is 7.73. The van der Waals surface area contributed by atoms with Gasteiger partial charge >= 0.3 is 0 Å². The number of ether oxygens (including phenoxy) is 1. The summed E-state index contributed by atoms with van der Waals surface area (Å²) in [5.41, 5.74) is 0. The van der Waals surface area contributed by atoms with Crippen molar-refractivity contribution in [1.29, 1.82) is 0 Å². The van der Waals surface area contributed by atoms with Gasteiger partial charge in [0.15, 0.2) is 0 Å².